The highest BCUT2D eigenvalue weighted by molar-refractivity contribution is 7.98. The first-order chi connectivity index (χ1) is 12.3. The summed E-state index contributed by atoms with van der Waals surface area (Å²) in [6, 6.07) is 9.62. The van der Waals surface area contributed by atoms with Crippen molar-refractivity contribution >= 4 is 11.8 Å². The van der Waals surface area contributed by atoms with Gasteiger partial charge in [0, 0.05) is 23.2 Å². The molecule has 0 fully saturated rings. The summed E-state index contributed by atoms with van der Waals surface area (Å²) in [4.78, 5) is 21.4. The maximum absolute atomic E-state index is 12.6. The van der Waals surface area contributed by atoms with Crippen molar-refractivity contribution in [2.45, 2.75) is 43.0 Å². The van der Waals surface area contributed by atoms with Gasteiger partial charge < -0.3 is 4.42 Å². The molecule has 0 saturated heterocycles. The number of rotatable bonds is 5. The van der Waals surface area contributed by atoms with Crippen LogP contribution in [0.1, 0.15) is 35.6 Å². The molecule has 1 aliphatic carbocycles. The third kappa shape index (κ3) is 3.54. The Kier molecular flexibility index (Phi) is 4.70. The van der Waals surface area contributed by atoms with E-state index in [4.69, 9.17) is 4.42 Å². The Morgan fingerprint density at radius 3 is 2.88 bits per heavy atom. The van der Waals surface area contributed by atoms with E-state index in [1.54, 1.807) is 28.8 Å². The van der Waals surface area contributed by atoms with Gasteiger partial charge in [-0.15, -0.1) is 0 Å². The number of pyridine rings is 1. The van der Waals surface area contributed by atoms with Crippen LogP contribution in [-0.2, 0) is 25.1 Å². The molecule has 4 rings (SSSR count). The van der Waals surface area contributed by atoms with Gasteiger partial charge in [0.2, 0.25) is 0 Å². The first-order valence-corrected chi connectivity index (χ1v) is 9.47. The molecule has 128 valence electrons. The SMILES string of the molecule is O=c1nc(SCc2ccccn2)c2c(n1Cc1ccco1)CCCC2. The van der Waals surface area contributed by atoms with E-state index in [2.05, 4.69) is 9.97 Å². The Labute approximate surface area is 150 Å². The van der Waals surface area contributed by atoms with E-state index < -0.39 is 0 Å². The summed E-state index contributed by atoms with van der Waals surface area (Å²) in [6.07, 6.45) is 7.58. The van der Waals surface area contributed by atoms with Gasteiger partial charge in [0.15, 0.2) is 0 Å². The first-order valence-electron chi connectivity index (χ1n) is 8.49. The molecule has 0 spiro atoms. The van der Waals surface area contributed by atoms with Crippen LogP contribution in [0.25, 0.3) is 0 Å². The molecule has 0 amide bonds. The second kappa shape index (κ2) is 7.27. The summed E-state index contributed by atoms with van der Waals surface area (Å²) in [5, 5.41) is 0.862. The first kappa shape index (κ1) is 16.1. The van der Waals surface area contributed by atoms with Crippen LogP contribution in [0.3, 0.4) is 0 Å². The number of fused-ring (bicyclic) bond motifs is 1. The van der Waals surface area contributed by atoms with Crippen molar-refractivity contribution in [1.82, 2.24) is 14.5 Å². The van der Waals surface area contributed by atoms with Gasteiger partial charge in [0.1, 0.15) is 10.8 Å². The van der Waals surface area contributed by atoms with Crippen molar-refractivity contribution in [1.29, 1.82) is 0 Å². The topological polar surface area (TPSA) is 60.9 Å². The van der Waals surface area contributed by atoms with Crippen LogP contribution in [0.15, 0.2) is 57.0 Å². The number of hydrogen-bond acceptors (Lipinski definition) is 5. The fraction of sp³-hybridized carbons (Fsp3) is 0.316. The van der Waals surface area contributed by atoms with Crippen LogP contribution in [0.2, 0.25) is 0 Å². The van der Waals surface area contributed by atoms with Gasteiger partial charge in [-0.2, -0.15) is 4.98 Å². The molecule has 3 heterocycles. The lowest BCUT2D eigenvalue weighted by Crippen LogP contribution is -2.30. The number of nitrogens with zero attached hydrogens (tertiary/aromatic N) is 3. The molecule has 0 atom stereocenters. The molecule has 1 aliphatic rings. The van der Waals surface area contributed by atoms with Crippen LogP contribution in [-0.4, -0.2) is 14.5 Å². The summed E-state index contributed by atoms with van der Waals surface area (Å²) in [7, 11) is 0. The maximum atomic E-state index is 12.6. The molecule has 5 nitrogen and oxygen atoms in total. The molecule has 0 saturated carbocycles. The minimum Gasteiger partial charge on any atom is -0.467 e. The minimum atomic E-state index is -0.194. The van der Waals surface area contributed by atoms with Gasteiger partial charge in [-0.25, -0.2) is 4.79 Å². The fourth-order valence-corrected chi connectivity index (χ4v) is 4.21. The monoisotopic (exact) mass is 353 g/mol. The molecule has 6 heteroatoms. The van der Waals surface area contributed by atoms with E-state index in [1.807, 2.05) is 30.3 Å². The molecule has 0 unspecified atom stereocenters. The normalized spacial score (nSPS) is 13.6. The molecule has 0 aliphatic heterocycles. The summed E-state index contributed by atoms with van der Waals surface area (Å²) < 4.78 is 7.19. The molecule has 0 N–H and O–H groups in total. The Morgan fingerprint density at radius 1 is 1.16 bits per heavy atom. The van der Waals surface area contributed by atoms with Gasteiger partial charge in [-0.3, -0.25) is 9.55 Å². The highest BCUT2D eigenvalue weighted by Crippen LogP contribution is 2.30. The van der Waals surface area contributed by atoms with Crippen molar-refractivity contribution in [3.05, 3.63) is 76.0 Å². The van der Waals surface area contributed by atoms with E-state index in [0.29, 0.717) is 6.54 Å². The van der Waals surface area contributed by atoms with E-state index in [1.165, 1.54) is 5.56 Å². The summed E-state index contributed by atoms with van der Waals surface area (Å²) in [5.74, 6) is 1.51. The largest absolute Gasteiger partial charge is 0.467 e. The van der Waals surface area contributed by atoms with Crippen molar-refractivity contribution < 1.29 is 4.42 Å². The Bertz CT molecular complexity index is 904. The third-order valence-electron chi connectivity index (χ3n) is 4.43. The zero-order valence-electron chi connectivity index (χ0n) is 13.9. The average Bonchev–Trinajstić information content (AvgIpc) is 3.17. The standard InChI is InChI=1S/C19H19N3O2S/c23-19-21-18(25-13-14-6-3-4-10-20-14)16-8-1-2-9-17(16)22(19)12-15-7-5-11-24-15/h3-7,10-11H,1-2,8-9,12-13H2. The lowest BCUT2D eigenvalue weighted by molar-refractivity contribution is 0.471. The molecule has 3 aromatic heterocycles. The van der Waals surface area contributed by atoms with Gasteiger partial charge >= 0.3 is 5.69 Å². The maximum Gasteiger partial charge on any atom is 0.349 e. The van der Waals surface area contributed by atoms with Gasteiger partial charge in [-0.1, -0.05) is 17.8 Å². The predicted molar refractivity (Wildman–Crippen MR) is 96.7 cm³/mol. The summed E-state index contributed by atoms with van der Waals surface area (Å²) in [5.41, 5.74) is 3.14. The van der Waals surface area contributed by atoms with Crippen molar-refractivity contribution in [2.75, 3.05) is 0 Å². The number of thioether (sulfide) groups is 1. The highest BCUT2D eigenvalue weighted by atomic mass is 32.2. The third-order valence-corrected chi connectivity index (χ3v) is 5.48. The van der Waals surface area contributed by atoms with Crippen LogP contribution in [0.4, 0.5) is 0 Å². The molecule has 0 aromatic carbocycles. The minimum absolute atomic E-state index is 0.194. The molecule has 25 heavy (non-hydrogen) atoms. The second-order valence-corrected chi connectivity index (χ2v) is 7.07. The van der Waals surface area contributed by atoms with Gasteiger partial charge in [-0.05, 0) is 49.9 Å². The van der Waals surface area contributed by atoms with Crippen molar-refractivity contribution in [2.24, 2.45) is 0 Å². The zero-order valence-corrected chi connectivity index (χ0v) is 14.7. The molecule has 0 bridgehead atoms. The van der Waals surface area contributed by atoms with E-state index in [0.717, 1.165) is 53.6 Å². The molecule has 3 aromatic rings. The fourth-order valence-electron chi connectivity index (χ4n) is 3.21. The smallest absolute Gasteiger partial charge is 0.349 e. The van der Waals surface area contributed by atoms with Crippen LogP contribution in [0, 0.1) is 0 Å². The zero-order chi connectivity index (χ0) is 17.1. The van der Waals surface area contributed by atoms with Gasteiger partial charge in [0.05, 0.1) is 18.5 Å². The average molecular weight is 353 g/mol. The summed E-state index contributed by atoms with van der Waals surface area (Å²) in [6.45, 7) is 0.451. The lowest BCUT2D eigenvalue weighted by atomic mass is 9.97. The lowest BCUT2D eigenvalue weighted by Gasteiger charge is -2.22. The second-order valence-electron chi connectivity index (χ2n) is 6.11. The molecular weight excluding hydrogens is 334 g/mol. The van der Waals surface area contributed by atoms with Crippen LogP contribution >= 0.6 is 11.8 Å². The Morgan fingerprint density at radius 2 is 2.08 bits per heavy atom. The van der Waals surface area contributed by atoms with Gasteiger partial charge in [0.25, 0.3) is 0 Å². The quantitative estimate of drug-likeness (QED) is 0.519. The number of furan rings is 1. The Balaban J connectivity index is 1.66. The van der Waals surface area contributed by atoms with E-state index in [-0.39, 0.29) is 5.69 Å². The molecular formula is C19H19N3O2S. The van der Waals surface area contributed by atoms with Crippen LogP contribution in [0.5, 0.6) is 0 Å². The number of aromatic nitrogens is 3. The van der Waals surface area contributed by atoms with Crippen LogP contribution < -0.4 is 5.69 Å². The molecule has 0 radical (unpaired) electrons. The summed E-state index contributed by atoms with van der Waals surface area (Å²) >= 11 is 1.61. The van der Waals surface area contributed by atoms with Crippen molar-refractivity contribution in [3.63, 3.8) is 0 Å². The highest BCUT2D eigenvalue weighted by Gasteiger charge is 2.21. The van der Waals surface area contributed by atoms with Crippen molar-refractivity contribution in [3.8, 4) is 0 Å². The number of hydrogen-bond donors (Lipinski definition) is 0. The Hall–Kier alpha value is -2.34. The van der Waals surface area contributed by atoms with E-state index in [9.17, 15) is 4.79 Å². The van der Waals surface area contributed by atoms with E-state index >= 15 is 0 Å². The predicted octanol–water partition coefficient (Wildman–Crippen LogP) is 3.45.